The maximum Gasteiger partial charge on any atom is 0.117 e. The molecule has 0 fully saturated rings. The zero-order chi connectivity index (χ0) is 9.99. The van der Waals surface area contributed by atoms with Gasteiger partial charge < -0.3 is 5.11 Å². The zero-order valence-corrected chi connectivity index (χ0v) is 7.88. The molecule has 0 atom stereocenters. The van der Waals surface area contributed by atoms with Crippen LogP contribution < -0.4 is 0 Å². The van der Waals surface area contributed by atoms with Crippen molar-refractivity contribution in [2.45, 2.75) is 0 Å². The lowest BCUT2D eigenvalue weighted by Crippen LogP contribution is -2.17. The number of phenols is 1. The zero-order valence-electron chi connectivity index (χ0n) is 7.88. The topological polar surface area (TPSA) is 29.1 Å². The first-order valence-corrected chi connectivity index (χ1v) is 4.88. The molecule has 4 aromatic rings. The molecule has 1 N–H and O–H groups in total. The number of nitrogens with zero attached hydrogens (tertiary/aromatic N) is 2. The van der Waals surface area contributed by atoms with Crippen LogP contribution in [-0.4, -0.2) is 14.1 Å². The Morgan fingerprint density at radius 2 is 1.33 bits per heavy atom. The molecule has 3 nitrogen and oxygen atoms in total. The normalized spacial score (nSPS) is 12.3. The molecule has 0 spiro atoms. The number of benzene rings is 2. The largest absolute Gasteiger partial charge is 0.508 e. The Bertz CT molecular complexity index is 778. The van der Waals surface area contributed by atoms with Crippen LogP contribution in [0.2, 0.25) is 0 Å². The third-order valence-electron chi connectivity index (χ3n) is 2.95. The van der Waals surface area contributed by atoms with Crippen molar-refractivity contribution in [3.05, 3.63) is 42.5 Å². The van der Waals surface area contributed by atoms with Crippen LogP contribution in [0.3, 0.4) is 0 Å². The van der Waals surface area contributed by atoms with Crippen LogP contribution in [0, 0.1) is 0 Å². The molecule has 4 rings (SSSR count). The van der Waals surface area contributed by atoms with Gasteiger partial charge in [0.2, 0.25) is 0 Å². The molecule has 0 saturated carbocycles. The Morgan fingerprint density at radius 3 is 2.07 bits per heavy atom. The van der Waals surface area contributed by atoms with E-state index in [4.69, 9.17) is 0 Å². The molecule has 0 aliphatic heterocycles. The first-order valence-electron chi connectivity index (χ1n) is 4.88. The quantitative estimate of drug-likeness (QED) is 0.430. The minimum atomic E-state index is 0.317. The van der Waals surface area contributed by atoms with Crippen LogP contribution in [-0.2, 0) is 0 Å². The molecule has 2 aromatic carbocycles. The maximum absolute atomic E-state index is 9.40. The molecule has 2 heterocycles. The summed E-state index contributed by atoms with van der Waals surface area (Å²) in [7, 11) is 0. The highest BCUT2D eigenvalue weighted by molar-refractivity contribution is 5.94. The van der Waals surface area contributed by atoms with Gasteiger partial charge in [-0.25, -0.2) is 9.03 Å². The Hall–Kier alpha value is -2.16. The average molecular weight is 196 g/mol. The van der Waals surface area contributed by atoms with Gasteiger partial charge in [-0.1, -0.05) is 12.1 Å². The van der Waals surface area contributed by atoms with Gasteiger partial charge in [0, 0.05) is 6.07 Å². The number of hydrogen-bond donors (Lipinski definition) is 1. The highest BCUT2D eigenvalue weighted by Gasteiger charge is 2.17. The van der Waals surface area contributed by atoms with Crippen molar-refractivity contribution in [3.8, 4) is 5.75 Å². The summed E-state index contributed by atoms with van der Waals surface area (Å²) in [6.07, 6.45) is 0. The standard InChI is InChI=1S/C12H8N2O/c15-8-5-6-11-12(7-8)14-10-4-2-1-3-9(10)13(11)14/h1-7,15H. The number of aromatic nitrogens is 2. The lowest BCUT2D eigenvalue weighted by atomic mass is 10.2. The minimum absolute atomic E-state index is 0.317. The number of para-hydroxylation sites is 2. The molecule has 0 aliphatic rings. The van der Waals surface area contributed by atoms with E-state index in [0.717, 1.165) is 11.0 Å². The molecule has 0 unspecified atom stereocenters. The third-order valence-corrected chi connectivity index (χ3v) is 2.95. The average Bonchev–Trinajstić information content (AvgIpc) is 2.20. The van der Waals surface area contributed by atoms with Crippen molar-refractivity contribution in [3.63, 3.8) is 0 Å². The Labute approximate surface area is 85.1 Å². The van der Waals surface area contributed by atoms with Crippen molar-refractivity contribution in [2.75, 3.05) is 0 Å². The predicted octanol–water partition coefficient (Wildman–Crippen LogP) is 2.49. The predicted molar refractivity (Wildman–Crippen MR) is 58.7 cm³/mol. The van der Waals surface area contributed by atoms with Gasteiger partial charge in [-0.05, 0) is 24.3 Å². The second-order valence-electron chi connectivity index (χ2n) is 3.79. The van der Waals surface area contributed by atoms with Gasteiger partial charge in [0.25, 0.3) is 0 Å². The lowest BCUT2D eigenvalue weighted by Gasteiger charge is -2.24. The van der Waals surface area contributed by atoms with E-state index in [0.29, 0.717) is 5.75 Å². The van der Waals surface area contributed by atoms with Crippen LogP contribution in [0.1, 0.15) is 0 Å². The van der Waals surface area contributed by atoms with Crippen molar-refractivity contribution < 1.29 is 5.11 Å². The minimum Gasteiger partial charge on any atom is -0.508 e. The first-order chi connectivity index (χ1) is 7.36. The fourth-order valence-electron chi connectivity index (χ4n) is 2.28. The molecule has 0 saturated heterocycles. The van der Waals surface area contributed by atoms with Crippen LogP contribution in [0.4, 0.5) is 0 Å². The highest BCUT2D eigenvalue weighted by atomic mass is 16.3. The van der Waals surface area contributed by atoms with E-state index in [1.54, 1.807) is 12.1 Å². The number of hydrogen-bond acceptors (Lipinski definition) is 1. The summed E-state index contributed by atoms with van der Waals surface area (Å²) in [6.45, 7) is 0. The van der Waals surface area contributed by atoms with Gasteiger partial charge in [-0.2, -0.15) is 0 Å². The summed E-state index contributed by atoms with van der Waals surface area (Å²) < 4.78 is 4.24. The molecule has 0 radical (unpaired) electrons. The molecule has 72 valence electrons. The van der Waals surface area contributed by atoms with Crippen LogP contribution in [0.15, 0.2) is 42.5 Å². The molecule has 0 bridgehead atoms. The van der Waals surface area contributed by atoms with Crippen molar-refractivity contribution >= 4 is 22.1 Å². The maximum atomic E-state index is 9.40. The molecule has 3 heteroatoms. The van der Waals surface area contributed by atoms with E-state index in [9.17, 15) is 5.11 Å². The number of fused-ring (bicyclic) bond motifs is 7. The van der Waals surface area contributed by atoms with Crippen molar-refractivity contribution in [2.24, 2.45) is 0 Å². The van der Waals surface area contributed by atoms with Crippen LogP contribution >= 0.6 is 0 Å². The Kier molecular flexibility index (Phi) is 0.997. The number of rotatable bonds is 0. The van der Waals surface area contributed by atoms with Gasteiger partial charge in [-0.15, -0.1) is 0 Å². The van der Waals surface area contributed by atoms with Crippen molar-refractivity contribution in [1.82, 2.24) is 9.03 Å². The second kappa shape index (κ2) is 2.08. The molecular formula is C12H8N2O. The summed E-state index contributed by atoms with van der Waals surface area (Å²) in [6, 6.07) is 13.7. The first kappa shape index (κ1) is 7.17. The Morgan fingerprint density at radius 1 is 0.733 bits per heavy atom. The number of aromatic hydroxyl groups is 1. The molecular weight excluding hydrogens is 188 g/mol. The summed E-state index contributed by atoms with van der Waals surface area (Å²) in [5, 5.41) is 9.40. The van der Waals surface area contributed by atoms with E-state index in [2.05, 4.69) is 21.2 Å². The SMILES string of the molecule is Oc1ccc2c(c1)n1c3ccccc3n21. The number of phenolic OH excluding ortho intramolecular Hbond substituents is 1. The van der Waals surface area contributed by atoms with E-state index < -0.39 is 0 Å². The van der Waals surface area contributed by atoms with Gasteiger partial charge in [0.05, 0.1) is 22.1 Å². The van der Waals surface area contributed by atoms with Gasteiger partial charge >= 0.3 is 0 Å². The van der Waals surface area contributed by atoms with Crippen LogP contribution in [0.5, 0.6) is 5.75 Å². The smallest absolute Gasteiger partial charge is 0.117 e. The third kappa shape index (κ3) is 0.655. The van der Waals surface area contributed by atoms with Crippen LogP contribution in [0.25, 0.3) is 22.1 Å². The van der Waals surface area contributed by atoms with E-state index in [1.165, 1.54) is 11.0 Å². The van der Waals surface area contributed by atoms with Gasteiger partial charge in [0.1, 0.15) is 5.75 Å². The lowest BCUT2D eigenvalue weighted by molar-refractivity contribution is 0.475. The van der Waals surface area contributed by atoms with Gasteiger partial charge in [0.15, 0.2) is 0 Å². The van der Waals surface area contributed by atoms with E-state index in [1.807, 2.05) is 18.2 Å². The fraction of sp³-hybridized carbons (Fsp3) is 0. The molecule has 15 heavy (non-hydrogen) atoms. The highest BCUT2D eigenvalue weighted by Crippen LogP contribution is 2.31. The van der Waals surface area contributed by atoms with Crippen molar-refractivity contribution in [1.29, 1.82) is 0 Å². The van der Waals surface area contributed by atoms with Gasteiger partial charge in [-0.3, -0.25) is 0 Å². The molecule has 0 aliphatic carbocycles. The molecule has 2 aromatic heterocycles. The second-order valence-corrected chi connectivity index (χ2v) is 3.79. The Balaban J connectivity index is 2.26. The fourth-order valence-corrected chi connectivity index (χ4v) is 2.28. The van der Waals surface area contributed by atoms with E-state index >= 15 is 0 Å². The summed E-state index contributed by atoms with van der Waals surface area (Å²) in [5.74, 6) is 0.317. The summed E-state index contributed by atoms with van der Waals surface area (Å²) in [4.78, 5) is 0. The van der Waals surface area contributed by atoms with E-state index in [-0.39, 0.29) is 0 Å². The summed E-state index contributed by atoms with van der Waals surface area (Å²) in [5.41, 5.74) is 4.67. The summed E-state index contributed by atoms with van der Waals surface area (Å²) >= 11 is 0. The monoisotopic (exact) mass is 196 g/mol. The molecule has 0 amide bonds.